The molecule has 1 unspecified atom stereocenters. The zero-order chi connectivity index (χ0) is 6.53. The molecular formula is C7H15N2. The molecule has 2 nitrogen and oxygen atoms in total. The Morgan fingerprint density at radius 2 is 2.56 bits per heavy atom. The highest BCUT2D eigenvalue weighted by molar-refractivity contribution is 4.81. The molecule has 1 radical (unpaired) electrons. The van der Waals surface area contributed by atoms with Gasteiger partial charge in [-0.2, -0.15) is 0 Å². The van der Waals surface area contributed by atoms with E-state index in [2.05, 4.69) is 17.6 Å². The van der Waals surface area contributed by atoms with Crippen LogP contribution in [0.3, 0.4) is 0 Å². The van der Waals surface area contributed by atoms with Gasteiger partial charge in [-0.1, -0.05) is 19.8 Å². The first-order chi connectivity index (χ1) is 4.43. The quantitative estimate of drug-likeness (QED) is 0.587. The Balaban J connectivity index is 1.98. The molecule has 0 saturated carbocycles. The van der Waals surface area contributed by atoms with E-state index in [1.54, 1.807) is 0 Å². The van der Waals surface area contributed by atoms with Crippen molar-refractivity contribution in [3.8, 4) is 0 Å². The molecular weight excluding hydrogens is 112 g/mol. The maximum Gasteiger partial charge on any atom is 0.0869 e. The fraction of sp³-hybridized carbons (Fsp3) is 0.857. The largest absolute Gasteiger partial charge is 0.298 e. The zero-order valence-electron chi connectivity index (χ0n) is 5.98. The third-order valence-corrected chi connectivity index (χ3v) is 1.69. The Morgan fingerprint density at radius 1 is 1.67 bits per heavy atom. The molecule has 2 heteroatoms. The number of hydrogen-bond acceptors (Lipinski definition) is 2. The van der Waals surface area contributed by atoms with Crippen molar-refractivity contribution in [2.75, 3.05) is 6.54 Å². The molecule has 0 amide bonds. The van der Waals surface area contributed by atoms with Crippen LogP contribution in [0, 0.1) is 6.67 Å². The summed E-state index contributed by atoms with van der Waals surface area (Å²) in [4.78, 5) is 0. The van der Waals surface area contributed by atoms with E-state index in [1.807, 2.05) is 6.67 Å². The van der Waals surface area contributed by atoms with Crippen LogP contribution in [0.15, 0.2) is 0 Å². The van der Waals surface area contributed by atoms with Gasteiger partial charge in [0, 0.05) is 12.6 Å². The molecule has 1 rings (SSSR count). The van der Waals surface area contributed by atoms with Crippen LogP contribution in [0.1, 0.15) is 26.2 Å². The van der Waals surface area contributed by atoms with Crippen molar-refractivity contribution in [1.82, 2.24) is 10.6 Å². The second-order valence-electron chi connectivity index (χ2n) is 2.56. The second kappa shape index (κ2) is 3.85. The Bertz CT molecular complexity index is 67.3. The molecule has 0 aromatic carbocycles. The Kier molecular flexibility index (Phi) is 3.01. The van der Waals surface area contributed by atoms with Gasteiger partial charge in [0.2, 0.25) is 0 Å². The van der Waals surface area contributed by atoms with E-state index in [1.165, 1.54) is 19.3 Å². The number of nitrogens with one attached hydrogen (secondary N) is 2. The predicted molar refractivity (Wildman–Crippen MR) is 38.8 cm³/mol. The first-order valence-electron chi connectivity index (χ1n) is 3.74. The summed E-state index contributed by atoms with van der Waals surface area (Å²) in [5, 5.41) is 6.40. The SMILES string of the molecule is CCCCC1CN[CH]N1. The molecule has 1 heterocycles. The summed E-state index contributed by atoms with van der Waals surface area (Å²) in [6.07, 6.45) is 3.95. The molecule has 1 fully saturated rings. The summed E-state index contributed by atoms with van der Waals surface area (Å²) in [6.45, 7) is 5.28. The monoisotopic (exact) mass is 127 g/mol. The standard InChI is InChI=1S/C7H15N2/c1-2-3-4-7-5-8-6-9-7/h6-9H,2-5H2,1H3. The van der Waals surface area contributed by atoms with Crippen LogP contribution in [-0.4, -0.2) is 12.6 Å². The number of rotatable bonds is 3. The highest BCUT2D eigenvalue weighted by Crippen LogP contribution is 2.02. The Morgan fingerprint density at radius 3 is 3.11 bits per heavy atom. The van der Waals surface area contributed by atoms with Gasteiger partial charge in [-0.25, -0.2) is 0 Å². The summed E-state index contributed by atoms with van der Waals surface area (Å²) in [5.74, 6) is 0. The molecule has 53 valence electrons. The topological polar surface area (TPSA) is 24.1 Å². The molecule has 1 atom stereocenters. The van der Waals surface area contributed by atoms with Gasteiger partial charge in [0.1, 0.15) is 0 Å². The molecule has 0 aromatic rings. The van der Waals surface area contributed by atoms with Crippen molar-refractivity contribution in [3.63, 3.8) is 0 Å². The van der Waals surface area contributed by atoms with Gasteiger partial charge < -0.3 is 0 Å². The zero-order valence-corrected chi connectivity index (χ0v) is 5.98. The summed E-state index contributed by atoms with van der Waals surface area (Å²) >= 11 is 0. The summed E-state index contributed by atoms with van der Waals surface area (Å²) in [7, 11) is 0. The van der Waals surface area contributed by atoms with Gasteiger partial charge in [-0.15, -0.1) is 0 Å². The summed E-state index contributed by atoms with van der Waals surface area (Å²) < 4.78 is 0. The van der Waals surface area contributed by atoms with Crippen molar-refractivity contribution in [1.29, 1.82) is 0 Å². The van der Waals surface area contributed by atoms with E-state index in [-0.39, 0.29) is 0 Å². The maximum atomic E-state index is 3.26. The third-order valence-electron chi connectivity index (χ3n) is 1.69. The van der Waals surface area contributed by atoms with Gasteiger partial charge in [-0.05, 0) is 6.42 Å². The normalized spacial score (nSPS) is 27.0. The van der Waals surface area contributed by atoms with Crippen molar-refractivity contribution in [2.24, 2.45) is 0 Å². The summed E-state index contributed by atoms with van der Waals surface area (Å²) in [5.41, 5.74) is 0. The minimum Gasteiger partial charge on any atom is -0.298 e. The lowest BCUT2D eigenvalue weighted by Gasteiger charge is -2.05. The molecule has 0 spiro atoms. The van der Waals surface area contributed by atoms with Crippen LogP contribution in [-0.2, 0) is 0 Å². The number of hydrogen-bond donors (Lipinski definition) is 2. The summed E-state index contributed by atoms with van der Waals surface area (Å²) in [6, 6.07) is 0.699. The van der Waals surface area contributed by atoms with Crippen molar-refractivity contribution < 1.29 is 0 Å². The Hall–Kier alpha value is -0.0800. The predicted octanol–water partition coefficient (Wildman–Crippen LogP) is 0.857. The highest BCUT2D eigenvalue weighted by Gasteiger charge is 2.11. The third kappa shape index (κ3) is 2.33. The minimum atomic E-state index is 0.699. The van der Waals surface area contributed by atoms with Crippen molar-refractivity contribution in [2.45, 2.75) is 32.2 Å². The lowest BCUT2D eigenvalue weighted by molar-refractivity contribution is 0.559. The molecule has 9 heavy (non-hydrogen) atoms. The van der Waals surface area contributed by atoms with E-state index in [9.17, 15) is 0 Å². The molecule has 1 saturated heterocycles. The molecule has 1 aliphatic heterocycles. The molecule has 0 aliphatic carbocycles. The average Bonchev–Trinajstić information content (AvgIpc) is 2.34. The lowest BCUT2D eigenvalue weighted by atomic mass is 10.1. The second-order valence-corrected chi connectivity index (χ2v) is 2.56. The van der Waals surface area contributed by atoms with Crippen molar-refractivity contribution in [3.05, 3.63) is 6.67 Å². The van der Waals surface area contributed by atoms with E-state index in [0.29, 0.717) is 6.04 Å². The Labute approximate surface area is 57.0 Å². The van der Waals surface area contributed by atoms with Crippen molar-refractivity contribution >= 4 is 0 Å². The van der Waals surface area contributed by atoms with E-state index in [0.717, 1.165) is 6.54 Å². The first-order valence-corrected chi connectivity index (χ1v) is 3.74. The first kappa shape index (κ1) is 7.03. The van der Waals surface area contributed by atoms with Crippen LogP contribution in [0.4, 0.5) is 0 Å². The fourth-order valence-electron chi connectivity index (χ4n) is 1.07. The van der Waals surface area contributed by atoms with E-state index >= 15 is 0 Å². The minimum absolute atomic E-state index is 0.699. The van der Waals surface area contributed by atoms with E-state index in [4.69, 9.17) is 0 Å². The van der Waals surface area contributed by atoms with Crippen LogP contribution < -0.4 is 10.6 Å². The van der Waals surface area contributed by atoms with E-state index < -0.39 is 0 Å². The van der Waals surface area contributed by atoms with Gasteiger partial charge in [0.25, 0.3) is 0 Å². The van der Waals surface area contributed by atoms with Gasteiger partial charge >= 0.3 is 0 Å². The van der Waals surface area contributed by atoms with Crippen LogP contribution in [0.2, 0.25) is 0 Å². The van der Waals surface area contributed by atoms with Gasteiger partial charge in [0.15, 0.2) is 0 Å². The fourth-order valence-corrected chi connectivity index (χ4v) is 1.07. The van der Waals surface area contributed by atoms with Crippen LogP contribution in [0.5, 0.6) is 0 Å². The van der Waals surface area contributed by atoms with Gasteiger partial charge in [-0.3, -0.25) is 10.6 Å². The smallest absolute Gasteiger partial charge is 0.0869 e. The van der Waals surface area contributed by atoms with Gasteiger partial charge in [0.05, 0.1) is 6.67 Å². The molecule has 0 bridgehead atoms. The average molecular weight is 127 g/mol. The lowest BCUT2D eigenvalue weighted by Crippen LogP contribution is -2.21. The van der Waals surface area contributed by atoms with Crippen LogP contribution in [0.25, 0.3) is 0 Å². The molecule has 2 N–H and O–H groups in total. The molecule has 1 aliphatic rings. The molecule has 0 aromatic heterocycles. The number of unbranched alkanes of at least 4 members (excludes halogenated alkanes) is 1. The van der Waals surface area contributed by atoms with Crippen LogP contribution >= 0.6 is 0 Å². The maximum absolute atomic E-state index is 3.26. The highest BCUT2D eigenvalue weighted by atomic mass is 15.2.